The van der Waals surface area contributed by atoms with E-state index in [0.29, 0.717) is 18.4 Å². The summed E-state index contributed by atoms with van der Waals surface area (Å²) in [6, 6.07) is 0. The molecule has 1 N–H and O–H groups in total. The fraction of sp³-hybridized carbons (Fsp3) is 0.700. The van der Waals surface area contributed by atoms with Gasteiger partial charge in [0.15, 0.2) is 0 Å². The molecule has 1 fully saturated rings. The first kappa shape index (κ1) is 17.5. The smallest absolute Gasteiger partial charge is 0.0948 e. The van der Waals surface area contributed by atoms with E-state index in [4.69, 9.17) is 4.74 Å². The molecule has 0 aromatic heterocycles. The maximum Gasteiger partial charge on any atom is 0.0948 e. The minimum absolute atomic E-state index is 0.142. The van der Waals surface area contributed by atoms with Gasteiger partial charge in [-0.2, -0.15) is 0 Å². The van der Waals surface area contributed by atoms with Gasteiger partial charge in [-0.15, -0.1) is 0 Å². The van der Waals surface area contributed by atoms with E-state index in [9.17, 15) is 5.11 Å². The summed E-state index contributed by atoms with van der Waals surface area (Å²) in [6.45, 7) is 10.8. The summed E-state index contributed by atoms with van der Waals surface area (Å²) in [7, 11) is 0. The monoisotopic (exact) mass is 304 g/mol. The molecule has 1 heterocycles. The normalized spacial score (nSPS) is 36.6. The van der Waals surface area contributed by atoms with Gasteiger partial charge >= 0.3 is 0 Å². The van der Waals surface area contributed by atoms with Crippen LogP contribution in [-0.2, 0) is 4.74 Å². The van der Waals surface area contributed by atoms with Crippen molar-refractivity contribution in [3.63, 3.8) is 0 Å². The molecule has 0 saturated carbocycles. The first-order valence-corrected chi connectivity index (χ1v) is 8.70. The zero-order chi connectivity index (χ0) is 16.3. The van der Waals surface area contributed by atoms with E-state index in [1.807, 2.05) is 0 Å². The molecule has 0 radical (unpaired) electrons. The van der Waals surface area contributed by atoms with Gasteiger partial charge in [0.05, 0.1) is 17.8 Å². The zero-order valence-corrected chi connectivity index (χ0v) is 14.9. The Morgan fingerprint density at radius 2 is 1.91 bits per heavy atom. The second-order valence-electron chi connectivity index (χ2n) is 7.60. The van der Waals surface area contributed by atoms with Crippen LogP contribution in [0.15, 0.2) is 34.9 Å². The summed E-state index contributed by atoms with van der Waals surface area (Å²) in [5, 5.41) is 10.7. The number of hydrogen-bond donors (Lipinski definition) is 1. The first-order valence-electron chi connectivity index (χ1n) is 8.70. The van der Waals surface area contributed by atoms with Crippen molar-refractivity contribution in [2.75, 3.05) is 0 Å². The molecule has 124 valence electrons. The fourth-order valence-corrected chi connectivity index (χ4v) is 3.35. The van der Waals surface area contributed by atoms with Crippen molar-refractivity contribution in [2.45, 2.75) is 84.5 Å². The highest BCUT2D eigenvalue weighted by molar-refractivity contribution is 5.23. The van der Waals surface area contributed by atoms with Crippen LogP contribution in [0.5, 0.6) is 0 Å². The number of fused-ring (bicyclic) bond motifs is 1. The lowest BCUT2D eigenvalue weighted by Crippen LogP contribution is -2.24. The lowest BCUT2D eigenvalue weighted by Gasteiger charge is -2.20. The number of allylic oxidation sites excluding steroid dienone is 5. The van der Waals surface area contributed by atoms with Gasteiger partial charge in [-0.05, 0) is 57.9 Å². The minimum atomic E-state index is -0.404. The van der Waals surface area contributed by atoms with Gasteiger partial charge in [-0.25, -0.2) is 0 Å². The Hall–Kier alpha value is -0.860. The van der Waals surface area contributed by atoms with Crippen LogP contribution in [0.4, 0.5) is 0 Å². The molecular weight excluding hydrogens is 272 g/mol. The van der Waals surface area contributed by atoms with Crippen LogP contribution in [-0.4, -0.2) is 22.9 Å². The Morgan fingerprint density at radius 1 is 1.18 bits per heavy atom. The molecule has 3 atom stereocenters. The van der Waals surface area contributed by atoms with Crippen molar-refractivity contribution in [1.29, 1.82) is 0 Å². The maximum absolute atomic E-state index is 10.7. The summed E-state index contributed by atoms with van der Waals surface area (Å²) >= 11 is 0. The number of epoxide rings is 1. The number of hydrogen-bond acceptors (Lipinski definition) is 2. The molecule has 0 bridgehead atoms. The van der Waals surface area contributed by atoms with E-state index < -0.39 is 6.10 Å². The van der Waals surface area contributed by atoms with Crippen LogP contribution in [0.25, 0.3) is 0 Å². The van der Waals surface area contributed by atoms with Gasteiger partial charge in [0.25, 0.3) is 0 Å². The van der Waals surface area contributed by atoms with Gasteiger partial charge < -0.3 is 9.84 Å². The summed E-state index contributed by atoms with van der Waals surface area (Å²) in [6.07, 6.45) is 11.7. The van der Waals surface area contributed by atoms with Crippen LogP contribution >= 0.6 is 0 Å². The van der Waals surface area contributed by atoms with Gasteiger partial charge in [-0.3, -0.25) is 0 Å². The largest absolute Gasteiger partial charge is 0.389 e. The molecule has 1 aliphatic heterocycles. The third-order valence-corrected chi connectivity index (χ3v) is 5.08. The van der Waals surface area contributed by atoms with Crippen LogP contribution in [0.2, 0.25) is 0 Å². The standard InChI is InChI=1S/C20H32O2/c1-14(2)17-11-9-15(3)7-6-8-16(4)10-12-19-20(5,22-19)13-18(17)21/h8-9,11,14,18-19,21H,6-7,10,12-13H2,1-5H3/b15-9?,16-8-,17-11?/t18-,19-,20-/m0/s1. The molecular formula is C20H32O2. The van der Waals surface area contributed by atoms with Gasteiger partial charge in [0.1, 0.15) is 0 Å². The fourth-order valence-electron chi connectivity index (χ4n) is 3.35. The molecule has 1 saturated heterocycles. The maximum atomic E-state index is 10.7. The van der Waals surface area contributed by atoms with E-state index in [0.717, 1.165) is 31.3 Å². The summed E-state index contributed by atoms with van der Waals surface area (Å²) < 4.78 is 5.92. The zero-order valence-electron chi connectivity index (χ0n) is 14.9. The highest BCUT2D eigenvalue weighted by Crippen LogP contribution is 2.44. The molecule has 22 heavy (non-hydrogen) atoms. The Morgan fingerprint density at radius 3 is 2.59 bits per heavy atom. The van der Waals surface area contributed by atoms with E-state index in [-0.39, 0.29) is 5.60 Å². The Balaban J connectivity index is 2.21. The Bertz CT molecular complexity index is 484. The quantitative estimate of drug-likeness (QED) is 0.549. The number of rotatable bonds is 1. The summed E-state index contributed by atoms with van der Waals surface area (Å²) in [5.74, 6) is 0.356. The highest BCUT2D eigenvalue weighted by Gasteiger charge is 2.52. The highest BCUT2D eigenvalue weighted by atomic mass is 16.6. The molecule has 2 rings (SSSR count). The molecule has 1 aliphatic carbocycles. The Labute approximate surface area is 136 Å². The molecule has 2 nitrogen and oxygen atoms in total. The molecule has 0 aromatic carbocycles. The average molecular weight is 304 g/mol. The third kappa shape index (κ3) is 4.57. The van der Waals surface area contributed by atoms with E-state index in [2.05, 4.69) is 52.8 Å². The lowest BCUT2D eigenvalue weighted by molar-refractivity contribution is 0.151. The van der Waals surface area contributed by atoms with Crippen molar-refractivity contribution in [3.8, 4) is 0 Å². The third-order valence-electron chi connectivity index (χ3n) is 5.08. The van der Waals surface area contributed by atoms with Gasteiger partial charge in [-0.1, -0.05) is 43.2 Å². The predicted octanol–water partition coefficient (Wildman–Crippen LogP) is 4.94. The van der Waals surface area contributed by atoms with Crippen LogP contribution < -0.4 is 0 Å². The first-order chi connectivity index (χ1) is 10.3. The van der Waals surface area contributed by atoms with E-state index in [1.54, 1.807) is 0 Å². The molecule has 2 aliphatic rings. The van der Waals surface area contributed by atoms with Crippen LogP contribution in [0, 0.1) is 5.92 Å². The van der Waals surface area contributed by atoms with Crippen LogP contribution in [0.1, 0.15) is 66.7 Å². The molecule has 2 heteroatoms. The van der Waals surface area contributed by atoms with Crippen molar-refractivity contribution in [3.05, 3.63) is 34.9 Å². The molecule has 0 unspecified atom stereocenters. The topological polar surface area (TPSA) is 32.8 Å². The Kier molecular flexibility index (Phi) is 5.68. The molecule has 0 spiro atoms. The summed E-state index contributed by atoms with van der Waals surface area (Å²) in [4.78, 5) is 0. The van der Waals surface area contributed by atoms with Crippen LogP contribution in [0.3, 0.4) is 0 Å². The van der Waals surface area contributed by atoms with Crippen molar-refractivity contribution >= 4 is 0 Å². The number of aliphatic hydroxyl groups is 1. The predicted molar refractivity (Wildman–Crippen MR) is 92.8 cm³/mol. The number of aliphatic hydroxyl groups excluding tert-OH is 1. The van der Waals surface area contributed by atoms with E-state index in [1.165, 1.54) is 11.1 Å². The second kappa shape index (κ2) is 7.14. The van der Waals surface area contributed by atoms with Gasteiger partial charge in [0.2, 0.25) is 0 Å². The summed E-state index contributed by atoms with van der Waals surface area (Å²) in [5.41, 5.74) is 3.81. The SMILES string of the molecule is CC1=CC=C(C(C)C)[C@@H](O)C[C@]2(C)O[C@H]2CC/C(C)=C\CC1. The van der Waals surface area contributed by atoms with Gasteiger partial charge in [0, 0.05) is 6.42 Å². The van der Waals surface area contributed by atoms with Crippen molar-refractivity contribution < 1.29 is 9.84 Å². The average Bonchev–Trinajstić information content (AvgIpc) is 3.05. The second-order valence-corrected chi connectivity index (χ2v) is 7.60. The van der Waals surface area contributed by atoms with Crippen molar-refractivity contribution in [1.82, 2.24) is 0 Å². The molecule has 0 amide bonds. The minimum Gasteiger partial charge on any atom is -0.389 e. The number of ether oxygens (including phenoxy) is 1. The van der Waals surface area contributed by atoms with Crippen molar-refractivity contribution in [2.24, 2.45) is 5.92 Å². The van der Waals surface area contributed by atoms with E-state index >= 15 is 0 Å². The molecule has 0 aromatic rings. The lowest BCUT2D eigenvalue weighted by atomic mass is 9.88.